The van der Waals surface area contributed by atoms with E-state index in [9.17, 15) is 0 Å². The molecule has 0 unspecified atom stereocenters. The molecule has 0 fully saturated rings. The lowest BCUT2D eigenvalue weighted by Crippen LogP contribution is -2.16. The summed E-state index contributed by atoms with van der Waals surface area (Å²) in [6.07, 6.45) is 6.98. The molecule has 0 rings (SSSR count). The Bertz CT molecular complexity index is 125. The van der Waals surface area contributed by atoms with Gasteiger partial charge in [-0.25, -0.2) is 0 Å². The predicted octanol–water partition coefficient (Wildman–Crippen LogP) is 3.22. The van der Waals surface area contributed by atoms with Crippen LogP contribution in [-0.2, 0) is 0 Å². The number of allylic oxidation sites excluding steroid dienone is 1. The summed E-state index contributed by atoms with van der Waals surface area (Å²) in [5, 5.41) is 3.40. The second kappa shape index (κ2) is 8.31. The molecule has 0 spiro atoms. The van der Waals surface area contributed by atoms with Gasteiger partial charge in [-0.2, -0.15) is 0 Å². The molecule has 78 valence electrons. The van der Waals surface area contributed by atoms with E-state index < -0.39 is 0 Å². The van der Waals surface area contributed by atoms with Gasteiger partial charge in [-0.15, -0.1) is 0 Å². The third-order valence-electron chi connectivity index (χ3n) is 1.93. The number of nitrogens with one attached hydrogen (secondary N) is 1. The van der Waals surface area contributed by atoms with Crippen molar-refractivity contribution in [3.63, 3.8) is 0 Å². The smallest absolute Gasteiger partial charge is 0.0134 e. The maximum Gasteiger partial charge on any atom is 0.0134 e. The summed E-state index contributed by atoms with van der Waals surface area (Å²) >= 11 is 0. The van der Waals surface area contributed by atoms with Crippen molar-refractivity contribution in [2.24, 2.45) is 11.8 Å². The quantitative estimate of drug-likeness (QED) is 0.472. The number of hydrogen-bond donors (Lipinski definition) is 1. The first kappa shape index (κ1) is 12.7. The minimum atomic E-state index is 0.784. The van der Waals surface area contributed by atoms with Crippen LogP contribution in [0.15, 0.2) is 12.2 Å². The highest BCUT2D eigenvalue weighted by molar-refractivity contribution is 4.84. The molecule has 0 aromatic carbocycles. The van der Waals surface area contributed by atoms with Crippen LogP contribution in [0.3, 0.4) is 0 Å². The van der Waals surface area contributed by atoms with Gasteiger partial charge in [0.25, 0.3) is 0 Å². The Labute approximate surface area is 83.6 Å². The molecule has 0 saturated carbocycles. The van der Waals surface area contributed by atoms with E-state index in [2.05, 4.69) is 45.2 Å². The van der Waals surface area contributed by atoms with Crippen LogP contribution in [0.4, 0.5) is 0 Å². The molecule has 0 heterocycles. The molecule has 1 nitrogen and oxygen atoms in total. The normalized spacial score (nSPS) is 12.2. The average Bonchev–Trinajstić information content (AvgIpc) is 2.01. The molecule has 0 aliphatic heterocycles. The van der Waals surface area contributed by atoms with Crippen LogP contribution in [0.1, 0.15) is 40.5 Å². The van der Waals surface area contributed by atoms with E-state index in [0.717, 1.165) is 24.9 Å². The third-order valence-corrected chi connectivity index (χ3v) is 1.93. The van der Waals surface area contributed by atoms with Gasteiger partial charge >= 0.3 is 0 Å². The minimum absolute atomic E-state index is 0.784. The molecular weight excluding hydrogens is 158 g/mol. The van der Waals surface area contributed by atoms with E-state index >= 15 is 0 Å². The van der Waals surface area contributed by atoms with Gasteiger partial charge in [-0.05, 0) is 31.2 Å². The first-order valence-electron chi connectivity index (χ1n) is 5.48. The van der Waals surface area contributed by atoms with E-state index in [1.54, 1.807) is 0 Å². The van der Waals surface area contributed by atoms with Crippen molar-refractivity contribution >= 4 is 0 Å². The maximum absolute atomic E-state index is 3.40. The number of rotatable bonds is 7. The summed E-state index contributed by atoms with van der Waals surface area (Å²) in [7, 11) is 0. The van der Waals surface area contributed by atoms with E-state index in [0.29, 0.717) is 0 Å². The maximum atomic E-state index is 3.40. The first-order valence-corrected chi connectivity index (χ1v) is 5.48. The van der Waals surface area contributed by atoms with Crippen LogP contribution >= 0.6 is 0 Å². The lowest BCUT2D eigenvalue weighted by molar-refractivity contribution is 0.552. The molecule has 0 aliphatic carbocycles. The number of hydrogen-bond acceptors (Lipinski definition) is 1. The van der Waals surface area contributed by atoms with Crippen molar-refractivity contribution < 1.29 is 0 Å². The molecule has 0 atom stereocenters. The molecule has 0 aliphatic rings. The zero-order chi connectivity index (χ0) is 10.1. The molecule has 0 aromatic heterocycles. The predicted molar refractivity (Wildman–Crippen MR) is 60.9 cm³/mol. The monoisotopic (exact) mass is 183 g/mol. The second-order valence-electron chi connectivity index (χ2n) is 4.49. The van der Waals surface area contributed by atoms with Crippen molar-refractivity contribution in [3.8, 4) is 0 Å². The van der Waals surface area contributed by atoms with Crippen molar-refractivity contribution in [3.05, 3.63) is 12.2 Å². The summed E-state index contributed by atoms with van der Waals surface area (Å²) in [6, 6.07) is 0. The molecular formula is C12H25N. The van der Waals surface area contributed by atoms with E-state index in [1.165, 1.54) is 12.8 Å². The Hall–Kier alpha value is -0.300. The summed E-state index contributed by atoms with van der Waals surface area (Å²) in [6.45, 7) is 11.2. The lowest BCUT2D eigenvalue weighted by atomic mass is 10.1. The average molecular weight is 183 g/mol. The fourth-order valence-corrected chi connectivity index (χ4v) is 1.03. The summed E-state index contributed by atoms with van der Waals surface area (Å²) in [5.41, 5.74) is 0. The summed E-state index contributed by atoms with van der Waals surface area (Å²) in [5.74, 6) is 1.60. The highest BCUT2D eigenvalue weighted by Crippen LogP contribution is 1.99. The Kier molecular flexibility index (Phi) is 8.11. The zero-order valence-corrected chi connectivity index (χ0v) is 9.64. The Balaban J connectivity index is 3.11. The molecule has 13 heavy (non-hydrogen) atoms. The van der Waals surface area contributed by atoms with E-state index in [1.807, 2.05) is 0 Å². The highest BCUT2D eigenvalue weighted by atomic mass is 14.8. The van der Waals surface area contributed by atoms with Gasteiger partial charge in [0, 0.05) is 6.54 Å². The first-order chi connectivity index (χ1) is 6.13. The van der Waals surface area contributed by atoms with Crippen LogP contribution in [-0.4, -0.2) is 13.1 Å². The van der Waals surface area contributed by atoms with Gasteiger partial charge in [0.05, 0.1) is 0 Å². The zero-order valence-electron chi connectivity index (χ0n) is 9.64. The van der Waals surface area contributed by atoms with E-state index in [4.69, 9.17) is 0 Å². The van der Waals surface area contributed by atoms with Crippen molar-refractivity contribution in [2.75, 3.05) is 13.1 Å². The van der Waals surface area contributed by atoms with Gasteiger partial charge in [0.1, 0.15) is 0 Å². The molecule has 0 amide bonds. The fraction of sp³-hybridized carbons (Fsp3) is 0.833. The molecule has 0 saturated heterocycles. The van der Waals surface area contributed by atoms with Crippen LogP contribution in [0.5, 0.6) is 0 Å². The summed E-state index contributed by atoms with van der Waals surface area (Å²) < 4.78 is 0. The Morgan fingerprint density at radius 3 is 2.23 bits per heavy atom. The molecule has 0 aromatic rings. The molecule has 1 heteroatoms. The summed E-state index contributed by atoms with van der Waals surface area (Å²) in [4.78, 5) is 0. The van der Waals surface area contributed by atoms with Crippen LogP contribution in [0, 0.1) is 11.8 Å². The molecule has 0 bridgehead atoms. The van der Waals surface area contributed by atoms with Crippen molar-refractivity contribution in [1.82, 2.24) is 5.32 Å². The van der Waals surface area contributed by atoms with Crippen LogP contribution < -0.4 is 5.32 Å². The Morgan fingerprint density at radius 2 is 1.69 bits per heavy atom. The minimum Gasteiger partial charge on any atom is -0.313 e. The lowest BCUT2D eigenvalue weighted by Gasteiger charge is -2.04. The van der Waals surface area contributed by atoms with Gasteiger partial charge in [-0.3, -0.25) is 0 Å². The second-order valence-corrected chi connectivity index (χ2v) is 4.49. The fourth-order valence-electron chi connectivity index (χ4n) is 1.03. The van der Waals surface area contributed by atoms with Crippen LogP contribution in [0.2, 0.25) is 0 Å². The molecule has 1 N–H and O–H groups in total. The van der Waals surface area contributed by atoms with Crippen molar-refractivity contribution in [1.29, 1.82) is 0 Å². The third kappa shape index (κ3) is 11.7. The van der Waals surface area contributed by atoms with Gasteiger partial charge in [-0.1, -0.05) is 39.8 Å². The van der Waals surface area contributed by atoms with Gasteiger partial charge in [0.15, 0.2) is 0 Å². The highest BCUT2D eigenvalue weighted by Gasteiger charge is 1.91. The largest absolute Gasteiger partial charge is 0.313 e. The SMILES string of the molecule is CC(C)C/C=C/CNCCC(C)C. The van der Waals surface area contributed by atoms with E-state index in [-0.39, 0.29) is 0 Å². The topological polar surface area (TPSA) is 12.0 Å². The Morgan fingerprint density at radius 1 is 1.00 bits per heavy atom. The standard InChI is InChI=1S/C12H25N/c1-11(2)7-5-6-9-13-10-8-12(3)4/h5-6,11-13H,7-10H2,1-4H3/b6-5+. The molecule has 0 radical (unpaired) electrons. The van der Waals surface area contributed by atoms with Gasteiger partial charge < -0.3 is 5.32 Å². The van der Waals surface area contributed by atoms with Crippen molar-refractivity contribution in [2.45, 2.75) is 40.5 Å². The van der Waals surface area contributed by atoms with Crippen LogP contribution in [0.25, 0.3) is 0 Å². The van der Waals surface area contributed by atoms with Gasteiger partial charge in [0.2, 0.25) is 0 Å².